The van der Waals surface area contributed by atoms with E-state index in [9.17, 15) is 13.5 Å². The van der Waals surface area contributed by atoms with Gasteiger partial charge < -0.3 is 24.7 Å². The lowest BCUT2D eigenvalue weighted by Gasteiger charge is -2.31. The van der Waals surface area contributed by atoms with Gasteiger partial charge in [-0.05, 0) is 11.6 Å². The van der Waals surface area contributed by atoms with Crippen LogP contribution in [0.4, 0.5) is 0 Å². The third-order valence-corrected chi connectivity index (χ3v) is 5.91. The zero-order valence-corrected chi connectivity index (χ0v) is 17.8. The molecule has 0 saturated carbocycles. The molecule has 0 amide bonds. The van der Waals surface area contributed by atoms with Crippen LogP contribution in [0.3, 0.4) is 0 Å². The van der Waals surface area contributed by atoms with Crippen molar-refractivity contribution in [2.24, 2.45) is 5.14 Å². The number of aromatic amines is 1. The molecule has 1 aliphatic heterocycles. The van der Waals surface area contributed by atoms with Gasteiger partial charge in [-0.25, -0.2) is 18.5 Å². The summed E-state index contributed by atoms with van der Waals surface area (Å²) in [6.45, 7) is -0.0453. The fourth-order valence-electron chi connectivity index (χ4n) is 3.39. The number of hydrogen-bond donors (Lipinski definition) is 4. The van der Waals surface area contributed by atoms with Crippen LogP contribution >= 0.6 is 11.6 Å². The Morgan fingerprint density at radius 3 is 2.68 bits per heavy atom. The number of aliphatic hydroxyl groups is 2. The maximum absolute atomic E-state index is 11.2. The number of aliphatic hydroxyl groups excluding tert-OH is 2. The van der Waals surface area contributed by atoms with Crippen LogP contribution in [0.25, 0.3) is 22.4 Å². The first-order valence-corrected chi connectivity index (χ1v) is 11.5. The first kappa shape index (κ1) is 21.9. The number of fused-ring (bicyclic) bond motifs is 1. The number of aromatic nitrogens is 3. The highest BCUT2D eigenvalue weighted by Crippen LogP contribution is 2.30. The molecule has 0 unspecified atom stereocenters. The smallest absolute Gasteiger partial charge is 0.296 e. The van der Waals surface area contributed by atoms with Crippen molar-refractivity contribution in [2.75, 3.05) is 13.2 Å². The molecule has 1 aliphatic rings. The molecule has 3 aromatic rings. The molecule has 166 valence electrons. The highest BCUT2D eigenvalue weighted by Gasteiger charge is 2.31. The Balaban J connectivity index is 1.54. The van der Waals surface area contributed by atoms with Crippen molar-refractivity contribution in [1.29, 1.82) is 0 Å². The number of imidazole rings is 1. The number of nitrogens with zero attached hydrogens (tertiary/aromatic N) is 2. The van der Waals surface area contributed by atoms with E-state index in [1.165, 1.54) is 0 Å². The number of halogens is 1. The van der Waals surface area contributed by atoms with Gasteiger partial charge in [-0.2, -0.15) is 4.98 Å². The fourth-order valence-corrected chi connectivity index (χ4v) is 4.31. The van der Waals surface area contributed by atoms with Crippen LogP contribution < -0.4 is 9.88 Å². The van der Waals surface area contributed by atoms with Gasteiger partial charge >= 0.3 is 0 Å². The van der Waals surface area contributed by atoms with E-state index in [4.69, 9.17) is 31.3 Å². The number of pyridine rings is 1. The number of H-pyrrole nitrogens is 1. The van der Waals surface area contributed by atoms with Gasteiger partial charge in [0, 0.05) is 12.0 Å². The first-order chi connectivity index (χ1) is 14.7. The Morgan fingerprint density at radius 2 is 2.03 bits per heavy atom. The van der Waals surface area contributed by atoms with Crippen LogP contribution in [0.15, 0.2) is 30.3 Å². The van der Waals surface area contributed by atoms with E-state index in [-0.39, 0.29) is 25.0 Å². The second-order valence-electron chi connectivity index (χ2n) is 7.33. The van der Waals surface area contributed by atoms with E-state index in [2.05, 4.69) is 15.0 Å². The molecule has 1 saturated heterocycles. The van der Waals surface area contributed by atoms with Gasteiger partial charge in [0.05, 0.1) is 41.3 Å². The van der Waals surface area contributed by atoms with Crippen molar-refractivity contribution in [2.45, 2.75) is 30.5 Å². The largest absolute Gasteiger partial charge is 0.459 e. The monoisotopic (exact) mass is 468 g/mol. The summed E-state index contributed by atoms with van der Waals surface area (Å²) >= 11 is 6.39. The molecule has 0 aliphatic carbocycles. The van der Waals surface area contributed by atoms with Crippen molar-refractivity contribution in [3.63, 3.8) is 0 Å². The topological polar surface area (TPSA) is 161 Å². The number of primary sulfonamides is 1. The van der Waals surface area contributed by atoms with Crippen molar-refractivity contribution in [1.82, 2.24) is 15.0 Å². The average Bonchev–Trinajstić information content (AvgIpc) is 3.08. The molecule has 1 aromatic carbocycles. The van der Waals surface area contributed by atoms with Crippen LogP contribution in [0.1, 0.15) is 12.0 Å². The van der Waals surface area contributed by atoms with Crippen molar-refractivity contribution < 1.29 is 28.1 Å². The maximum atomic E-state index is 11.2. The summed E-state index contributed by atoms with van der Waals surface area (Å²) < 4.78 is 33.6. The summed E-state index contributed by atoms with van der Waals surface area (Å²) in [6, 6.07) is 8.60. The van der Waals surface area contributed by atoms with Gasteiger partial charge in [-0.15, -0.1) is 0 Å². The van der Waals surface area contributed by atoms with E-state index in [1.54, 1.807) is 30.3 Å². The minimum atomic E-state index is -3.62. The molecule has 4 rings (SSSR count). The number of hydrogen-bond acceptors (Lipinski definition) is 8. The van der Waals surface area contributed by atoms with Crippen LogP contribution in [-0.4, -0.2) is 65.1 Å². The third kappa shape index (κ3) is 5.14. The summed E-state index contributed by atoms with van der Waals surface area (Å²) in [7, 11) is -3.62. The van der Waals surface area contributed by atoms with E-state index < -0.39 is 28.3 Å². The molecule has 1 fully saturated rings. The van der Waals surface area contributed by atoms with Crippen LogP contribution in [0.5, 0.6) is 6.01 Å². The SMILES string of the molecule is NS(=O)(=O)Cc1ccc(-c2nc3nc(O[C@H]4CO[C@H](CO)[C@@H](O)C4)[nH]c3cc2Cl)cc1. The molecule has 31 heavy (non-hydrogen) atoms. The van der Waals surface area contributed by atoms with Gasteiger partial charge in [-0.3, -0.25) is 0 Å². The first-order valence-electron chi connectivity index (χ1n) is 9.45. The summed E-state index contributed by atoms with van der Waals surface area (Å²) in [5.74, 6) is -0.258. The zero-order valence-electron chi connectivity index (χ0n) is 16.2. The standard InChI is InChI=1S/C19H21ClN4O6S/c20-13-6-14-18(23-17(13)11-3-1-10(2-4-11)9-31(21,27)28)24-19(22-14)30-12-5-15(26)16(7-25)29-8-12/h1-4,6,12,15-16,25-26H,5,7-9H2,(H2,21,27,28)(H,22,23,24)/t12-,15+,16-/m1/s1. The second kappa shape index (κ2) is 8.69. The van der Waals surface area contributed by atoms with Gasteiger partial charge in [0.2, 0.25) is 10.0 Å². The lowest BCUT2D eigenvalue weighted by Crippen LogP contribution is -2.45. The number of sulfonamides is 1. The molecule has 0 spiro atoms. The third-order valence-electron chi connectivity index (χ3n) is 4.89. The molecule has 3 atom stereocenters. The number of nitrogens with two attached hydrogens (primary N) is 1. The highest BCUT2D eigenvalue weighted by atomic mass is 35.5. The Bertz CT molecular complexity index is 1180. The Morgan fingerprint density at radius 1 is 1.29 bits per heavy atom. The molecule has 0 radical (unpaired) electrons. The van der Waals surface area contributed by atoms with Crippen molar-refractivity contribution >= 4 is 32.8 Å². The van der Waals surface area contributed by atoms with Crippen LogP contribution in [-0.2, 0) is 20.5 Å². The summed E-state index contributed by atoms with van der Waals surface area (Å²) in [4.78, 5) is 11.8. The summed E-state index contributed by atoms with van der Waals surface area (Å²) in [5.41, 5.74) is 2.68. The lowest BCUT2D eigenvalue weighted by molar-refractivity contribution is -0.131. The molecule has 12 heteroatoms. The molecule has 3 heterocycles. The van der Waals surface area contributed by atoms with E-state index in [0.717, 1.165) is 0 Å². The quantitative estimate of drug-likeness (QED) is 0.416. The number of ether oxygens (including phenoxy) is 2. The molecule has 0 bridgehead atoms. The van der Waals surface area contributed by atoms with Gasteiger partial charge in [0.15, 0.2) is 5.65 Å². The normalized spacial score (nSPS) is 22.0. The van der Waals surface area contributed by atoms with Crippen LogP contribution in [0.2, 0.25) is 5.02 Å². The Hall–Kier alpha value is -2.28. The van der Waals surface area contributed by atoms with E-state index in [0.29, 0.717) is 39.4 Å². The van der Waals surface area contributed by atoms with Gasteiger partial charge in [-0.1, -0.05) is 35.9 Å². The minimum absolute atomic E-state index is 0.211. The maximum Gasteiger partial charge on any atom is 0.296 e. The molecule has 10 nitrogen and oxygen atoms in total. The van der Waals surface area contributed by atoms with E-state index >= 15 is 0 Å². The molecule has 2 aromatic heterocycles. The summed E-state index contributed by atoms with van der Waals surface area (Å²) in [6.07, 6.45) is -1.58. The second-order valence-corrected chi connectivity index (χ2v) is 9.35. The van der Waals surface area contributed by atoms with Gasteiger partial charge in [0.1, 0.15) is 12.2 Å². The highest BCUT2D eigenvalue weighted by molar-refractivity contribution is 7.88. The lowest BCUT2D eigenvalue weighted by atomic mass is 10.0. The van der Waals surface area contributed by atoms with Crippen molar-refractivity contribution in [3.8, 4) is 17.3 Å². The predicted octanol–water partition coefficient (Wildman–Crippen LogP) is 0.956. The summed E-state index contributed by atoms with van der Waals surface area (Å²) in [5, 5.41) is 24.6. The van der Waals surface area contributed by atoms with Crippen molar-refractivity contribution in [3.05, 3.63) is 40.9 Å². The molecular formula is C19H21ClN4O6S. The Kier molecular flexibility index (Phi) is 6.15. The Labute approximate surface area is 183 Å². The number of nitrogens with one attached hydrogen (secondary N) is 1. The average molecular weight is 469 g/mol. The zero-order chi connectivity index (χ0) is 22.2. The molecule has 5 N–H and O–H groups in total. The van der Waals surface area contributed by atoms with Gasteiger partial charge in [0.25, 0.3) is 6.01 Å². The van der Waals surface area contributed by atoms with E-state index in [1.807, 2.05) is 0 Å². The number of benzene rings is 1. The molecular weight excluding hydrogens is 448 g/mol. The number of rotatable bonds is 6. The van der Waals surface area contributed by atoms with Crippen LogP contribution in [0, 0.1) is 0 Å². The minimum Gasteiger partial charge on any atom is -0.459 e. The predicted molar refractivity (Wildman–Crippen MR) is 113 cm³/mol. The fraction of sp³-hybridized carbons (Fsp3) is 0.368.